The highest BCUT2D eigenvalue weighted by Gasteiger charge is 2.38. The van der Waals surface area contributed by atoms with E-state index in [1.54, 1.807) is 0 Å². The average molecular weight is 353 g/mol. The van der Waals surface area contributed by atoms with Crippen molar-refractivity contribution in [1.82, 2.24) is 15.3 Å². The van der Waals surface area contributed by atoms with Gasteiger partial charge in [0.05, 0.1) is 11.3 Å². The third-order valence-corrected chi connectivity index (χ3v) is 5.45. The van der Waals surface area contributed by atoms with E-state index in [4.69, 9.17) is 14.5 Å². The molecule has 4 rings (SSSR count). The van der Waals surface area contributed by atoms with Crippen molar-refractivity contribution in [3.05, 3.63) is 48.4 Å². The van der Waals surface area contributed by atoms with E-state index < -0.39 is 0 Å². The molecular formula is C21H27N3O2. The standard InChI is InChI=1S/C21H27N3O2/c1-2-4-17(5-3-1)19-6-11-23-20(24-19)7-12-22-18-8-13-26-21(16-18)9-14-25-15-10-21/h1-6,11,18,22H,7-10,12-16H2/t18-/m1/s1. The molecule has 1 spiro atoms. The lowest BCUT2D eigenvalue weighted by molar-refractivity contribution is -0.140. The van der Waals surface area contributed by atoms with Gasteiger partial charge >= 0.3 is 0 Å². The highest BCUT2D eigenvalue weighted by Crippen LogP contribution is 2.34. The van der Waals surface area contributed by atoms with E-state index in [0.29, 0.717) is 6.04 Å². The second kappa shape index (κ2) is 8.25. The van der Waals surface area contributed by atoms with Crippen LogP contribution >= 0.6 is 0 Å². The lowest BCUT2D eigenvalue weighted by Gasteiger charge is -2.43. The van der Waals surface area contributed by atoms with Gasteiger partial charge < -0.3 is 14.8 Å². The fourth-order valence-electron chi connectivity index (χ4n) is 3.97. The fourth-order valence-corrected chi connectivity index (χ4v) is 3.97. The van der Waals surface area contributed by atoms with Crippen LogP contribution in [0.4, 0.5) is 0 Å². The van der Waals surface area contributed by atoms with E-state index in [1.165, 1.54) is 0 Å². The van der Waals surface area contributed by atoms with Crippen LogP contribution in [0.25, 0.3) is 11.3 Å². The number of nitrogens with zero attached hydrogens (tertiary/aromatic N) is 2. The van der Waals surface area contributed by atoms with E-state index >= 15 is 0 Å². The SMILES string of the molecule is c1ccc(-c2ccnc(CCN[C@@H]3CCOC4(CCOCC4)C3)n2)cc1. The molecule has 5 heteroatoms. The van der Waals surface area contributed by atoms with Crippen LogP contribution in [0.5, 0.6) is 0 Å². The highest BCUT2D eigenvalue weighted by atomic mass is 16.5. The first-order chi connectivity index (χ1) is 12.8. The van der Waals surface area contributed by atoms with Gasteiger partial charge in [-0.3, -0.25) is 0 Å². The number of hydrogen-bond donors (Lipinski definition) is 1. The lowest BCUT2D eigenvalue weighted by atomic mass is 9.84. The predicted octanol–water partition coefficient (Wildman–Crippen LogP) is 3.00. The molecule has 138 valence electrons. The van der Waals surface area contributed by atoms with E-state index in [9.17, 15) is 0 Å². The second-order valence-electron chi connectivity index (χ2n) is 7.26. The summed E-state index contributed by atoms with van der Waals surface area (Å²) in [6.45, 7) is 3.40. The Morgan fingerprint density at radius 2 is 1.92 bits per heavy atom. The van der Waals surface area contributed by atoms with E-state index in [1.807, 2.05) is 30.5 Å². The zero-order chi connectivity index (χ0) is 17.7. The molecule has 0 aliphatic carbocycles. The normalized spacial score (nSPS) is 22.4. The van der Waals surface area contributed by atoms with Crippen LogP contribution in [-0.2, 0) is 15.9 Å². The highest BCUT2D eigenvalue weighted by molar-refractivity contribution is 5.58. The molecule has 0 saturated carbocycles. The molecule has 0 radical (unpaired) electrons. The summed E-state index contributed by atoms with van der Waals surface area (Å²) >= 11 is 0. The lowest BCUT2D eigenvalue weighted by Crippen LogP contribution is -2.50. The van der Waals surface area contributed by atoms with E-state index in [2.05, 4.69) is 22.4 Å². The first-order valence-corrected chi connectivity index (χ1v) is 9.65. The Morgan fingerprint density at radius 3 is 2.77 bits per heavy atom. The van der Waals surface area contributed by atoms with Gasteiger partial charge in [-0.25, -0.2) is 9.97 Å². The predicted molar refractivity (Wildman–Crippen MR) is 101 cm³/mol. The largest absolute Gasteiger partial charge is 0.381 e. The summed E-state index contributed by atoms with van der Waals surface area (Å²) in [5, 5.41) is 3.70. The minimum atomic E-state index is 0.0396. The molecule has 3 heterocycles. The molecule has 26 heavy (non-hydrogen) atoms. The molecule has 1 atom stereocenters. The summed E-state index contributed by atoms with van der Waals surface area (Å²) < 4.78 is 11.6. The Bertz CT molecular complexity index is 696. The first kappa shape index (κ1) is 17.6. The van der Waals surface area contributed by atoms with Crippen LogP contribution in [0, 0.1) is 0 Å². The summed E-state index contributed by atoms with van der Waals surface area (Å²) in [6, 6.07) is 12.7. The van der Waals surface area contributed by atoms with Crippen molar-refractivity contribution in [2.24, 2.45) is 0 Å². The van der Waals surface area contributed by atoms with Gasteiger partial charge in [-0.05, 0) is 31.7 Å². The zero-order valence-corrected chi connectivity index (χ0v) is 15.2. The zero-order valence-electron chi connectivity index (χ0n) is 15.2. The third-order valence-electron chi connectivity index (χ3n) is 5.45. The smallest absolute Gasteiger partial charge is 0.130 e. The van der Waals surface area contributed by atoms with Crippen LogP contribution in [0.3, 0.4) is 0 Å². The van der Waals surface area contributed by atoms with Gasteiger partial charge in [-0.15, -0.1) is 0 Å². The van der Waals surface area contributed by atoms with Crippen molar-refractivity contribution in [2.45, 2.75) is 43.7 Å². The van der Waals surface area contributed by atoms with E-state index in [0.717, 1.165) is 75.6 Å². The summed E-state index contributed by atoms with van der Waals surface area (Å²) in [7, 11) is 0. The van der Waals surface area contributed by atoms with Crippen molar-refractivity contribution < 1.29 is 9.47 Å². The molecule has 1 aromatic carbocycles. The van der Waals surface area contributed by atoms with Crippen molar-refractivity contribution in [3.63, 3.8) is 0 Å². The van der Waals surface area contributed by atoms with Gasteiger partial charge in [-0.1, -0.05) is 30.3 Å². The number of ether oxygens (including phenoxy) is 2. The first-order valence-electron chi connectivity index (χ1n) is 9.65. The monoisotopic (exact) mass is 353 g/mol. The Kier molecular flexibility index (Phi) is 5.58. The van der Waals surface area contributed by atoms with Crippen LogP contribution < -0.4 is 5.32 Å². The van der Waals surface area contributed by atoms with Crippen LogP contribution in [-0.4, -0.2) is 48.0 Å². The third kappa shape index (κ3) is 4.29. The number of rotatable bonds is 5. The van der Waals surface area contributed by atoms with Crippen molar-refractivity contribution in [3.8, 4) is 11.3 Å². The molecule has 0 amide bonds. The molecule has 1 N–H and O–H groups in total. The maximum atomic E-state index is 6.12. The molecular weight excluding hydrogens is 326 g/mol. The number of nitrogens with one attached hydrogen (secondary N) is 1. The summed E-state index contributed by atoms with van der Waals surface area (Å²) in [5.41, 5.74) is 2.16. The molecule has 0 bridgehead atoms. The quantitative estimate of drug-likeness (QED) is 0.895. The van der Waals surface area contributed by atoms with Crippen molar-refractivity contribution in [2.75, 3.05) is 26.4 Å². The van der Waals surface area contributed by atoms with Crippen molar-refractivity contribution in [1.29, 1.82) is 0 Å². The van der Waals surface area contributed by atoms with Gasteiger partial charge in [-0.2, -0.15) is 0 Å². The summed E-state index contributed by atoms with van der Waals surface area (Å²) in [4.78, 5) is 9.16. The fraction of sp³-hybridized carbons (Fsp3) is 0.524. The molecule has 2 aliphatic rings. The van der Waals surface area contributed by atoms with Gasteiger partial charge in [0.15, 0.2) is 0 Å². The second-order valence-corrected chi connectivity index (χ2v) is 7.26. The van der Waals surface area contributed by atoms with Gasteiger partial charge in [0.2, 0.25) is 0 Å². The molecule has 2 aliphatic heterocycles. The number of benzene rings is 1. The van der Waals surface area contributed by atoms with Gasteiger partial charge in [0, 0.05) is 50.6 Å². The Labute approximate surface area is 155 Å². The van der Waals surface area contributed by atoms with E-state index in [-0.39, 0.29) is 5.60 Å². The molecule has 0 unspecified atom stereocenters. The molecule has 5 nitrogen and oxygen atoms in total. The maximum absolute atomic E-state index is 6.12. The number of aromatic nitrogens is 2. The van der Waals surface area contributed by atoms with Gasteiger partial charge in [0.25, 0.3) is 0 Å². The van der Waals surface area contributed by atoms with Crippen LogP contribution in [0.2, 0.25) is 0 Å². The molecule has 2 aromatic rings. The molecule has 2 fully saturated rings. The van der Waals surface area contributed by atoms with Gasteiger partial charge in [0.1, 0.15) is 5.82 Å². The summed E-state index contributed by atoms with van der Waals surface area (Å²) in [5.74, 6) is 0.895. The van der Waals surface area contributed by atoms with Crippen molar-refractivity contribution >= 4 is 0 Å². The van der Waals surface area contributed by atoms with Crippen LogP contribution in [0.15, 0.2) is 42.6 Å². The minimum absolute atomic E-state index is 0.0396. The molecule has 2 saturated heterocycles. The summed E-state index contributed by atoms with van der Waals surface area (Å²) in [6.07, 6.45) is 6.90. The Balaban J connectivity index is 1.31. The average Bonchev–Trinajstić information content (AvgIpc) is 2.70. The Morgan fingerprint density at radius 1 is 1.08 bits per heavy atom. The molecule has 1 aromatic heterocycles. The minimum Gasteiger partial charge on any atom is -0.381 e. The maximum Gasteiger partial charge on any atom is 0.130 e. The topological polar surface area (TPSA) is 56.3 Å². The number of hydrogen-bond acceptors (Lipinski definition) is 5. The Hall–Kier alpha value is -1.82. The van der Waals surface area contributed by atoms with Crippen LogP contribution in [0.1, 0.15) is 31.5 Å².